The molecule has 0 fully saturated rings. The number of nitrogens with zero attached hydrogens (tertiary/aromatic N) is 3. The Labute approximate surface area is 161 Å². The van der Waals surface area contributed by atoms with Crippen LogP contribution in [0.25, 0.3) is 21.7 Å². The van der Waals surface area contributed by atoms with Crippen molar-refractivity contribution in [2.45, 2.75) is 20.4 Å². The molecule has 0 unspecified atom stereocenters. The van der Waals surface area contributed by atoms with Gasteiger partial charge in [0, 0.05) is 17.5 Å². The van der Waals surface area contributed by atoms with Crippen molar-refractivity contribution in [3.63, 3.8) is 0 Å². The predicted molar refractivity (Wildman–Crippen MR) is 113 cm³/mol. The number of phenolic OH excluding ortho intramolecular Hbond substituents is 1. The van der Waals surface area contributed by atoms with Crippen LogP contribution in [-0.4, -0.2) is 20.4 Å². The standard InChI is InChI=1S/C22H20N4O2/c1-3-26-21(28)18-10-6-7-11-19(18)23-22(26)25-24-14(2)16-13-12-15-8-4-5-9-17(15)20(16)27/h4-13,27H,3H2,1-2H3,(H,23,25). The first-order chi connectivity index (χ1) is 13.6. The molecule has 0 spiro atoms. The van der Waals surface area contributed by atoms with Crippen LogP contribution >= 0.6 is 0 Å². The van der Waals surface area contributed by atoms with Crippen molar-refractivity contribution in [2.24, 2.45) is 5.10 Å². The average Bonchev–Trinajstić information content (AvgIpc) is 2.72. The Hall–Kier alpha value is -3.67. The Morgan fingerprint density at radius 2 is 1.79 bits per heavy atom. The molecule has 6 heteroatoms. The number of benzene rings is 3. The van der Waals surface area contributed by atoms with Crippen molar-refractivity contribution < 1.29 is 5.11 Å². The summed E-state index contributed by atoms with van der Waals surface area (Å²) in [5, 5.41) is 17.3. The van der Waals surface area contributed by atoms with Gasteiger partial charge in [-0.3, -0.25) is 9.36 Å². The van der Waals surface area contributed by atoms with Gasteiger partial charge in [0.15, 0.2) is 0 Å². The highest BCUT2D eigenvalue weighted by atomic mass is 16.3. The van der Waals surface area contributed by atoms with Crippen molar-refractivity contribution in [3.05, 3.63) is 76.6 Å². The SMILES string of the molecule is CCn1c(NN=C(C)c2ccc3ccccc3c2O)nc2ccccc2c1=O. The summed E-state index contributed by atoms with van der Waals surface area (Å²) >= 11 is 0. The van der Waals surface area contributed by atoms with E-state index < -0.39 is 0 Å². The minimum absolute atomic E-state index is 0.114. The van der Waals surface area contributed by atoms with E-state index in [4.69, 9.17) is 0 Å². The fourth-order valence-electron chi connectivity index (χ4n) is 3.29. The molecular formula is C22H20N4O2. The molecule has 0 saturated heterocycles. The Morgan fingerprint density at radius 3 is 2.57 bits per heavy atom. The number of rotatable bonds is 4. The van der Waals surface area contributed by atoms with Gasteiger partial charge >= 0.3 is 0 Å². The van der Waals surface area contributed by atoms with Crippen LogP contribution < -0.4 is 11.0 Å². The molecule has 0 bridgehead atoms. The van der Waals surface area contributed by atoms with Gasteiger partial charge in [0.25, 0.3) is 5.56 Å². The number of aromatic hydroxyl groups is 1. The van der Waals surface area contributed by atoms with Gasteiger partial charge in [-0.2, -0.15) is 5.10 Å². The molecule has 0 atom stereocenters. The first kappa shape index (κ1) is 17.7. The molecule has 2 N–H and O–H groups in total. The first-order valence-corrected chi connectivity index (χ1v) is 9.11. The molecule has 0 amide bonds. The molecule has 0 radical (unpaired) electrons. The fraction of sp³-hybridized carbons (Fsp3) is 0.136. The van der Waals surface area contributed by atoms with Gasteiger partial charge in [0.2, 0.25) is 5.95 Å². The number of nitrogens with one attached hydrogen (secondary N) is 1. The zero-order chi connectivity index (χ0) is 19.7. The van der Waals surface area contributed by atoms with Crippen LogP contribution in [0.15, 0.2) is 70.6 Å². The highest BCUT2D eigenvalue weighted by Crippen LogP contribution is 2.29. The number of hydrogen-bond acceptors (Lipinski definition) is 5. The number of hydrogen-bond donors (Lipinski definition) is 2. The Kier molecular flexibility index (Phi) is 4.53. The lowest BCUT2D eigenvalue weighted by Crippen LogP contribution is -2.23. The van der Waals surface area contributed by atoms with Gasteiger partial charge in [-0.25, -0.2) is 10.4 Å². The first-order valence-electron chi connectivity index (χ1n) is 9.11. The lowest BCUT2D eigenvalue weighted by atomic mass is 10.0. The summed E-state index contributed by atoms with van der Waals surface area (Å²) < 4.78 is 1.54. The molecule has 3 aromatic carbocycles. The number of hydrazone groups is 1. The monoisotopic (exact) mass is 372 g/mol. The normalized spacial score (nSPS) is 11.9. The summed E-state index contributed by atoms with van der Waals surface area (Å²) in [6.45, 7) is 4.15. The second-order valence-corrected chi connectivity index (χ2v) is 6.49. The maximum atomic E-state index is 12.7. The molecule has 1 heterocycles. The quantitative estimate of drug-likeness (QED) is 0.417. The lowest BCUT2D eigenvalue weighted by molar-refractivity contribution is 0.480. The van der Waals surface area contributed by atoms with Gasteiger partial charge in [-0.15, -0.1) is 0 Å². The molecule has 0 aliphatic rings. The Morgan fingerprint density at radius 1 is 1.07 bits per heavy atom. The van der Waals surface area contributed by atoms with Gasteiger partial charge < -0.3 is 5.11 Å². The van der Waals surface area contributed by atoms with Crippen molar-refractivity contribution in [2.75, 3.05) is 5.43 Å². The molecular weight excluding hydrogens is 352 g/mol. The summed E-state index contributed by atoms with van der Waals surface area (Å²) in [5.74, 6) is 0.548. The van der Waals surface area contributed by atoms with E-state index in [1.165, 1.54) is 0 Å². The maximum Gasteiger partial charge on any atom is 0.262 e. The summed E-state index contributed by atoms with van der Waals surface area (Å²) in [4.78, 5) is 17.2. The van der Waals surface area contributed by atoms with E-state index in [0.717, 1.165) is 10.8 Å². The van der Waals surface area contributed by atoms with Gasteiger partial charge in [0.05, 0.1) is 16.6 Å². The zero-order valence-electron chi connectivity index (χ0n) is 15.7. The fourth-order valence-corrected chi connectivity index (χ4v) is 3.29. The highest BCUT2D eigenvalue weighted by Gasteiger charge is 2.11. The molecule has 4 aromatic rings. The van der Waals surface area contributed by atoms with Gasteiger partial charge in [-0.05, 0) is 37.4 Å². The van der Waals surface area contributed by atoms with E-state index >= 15 is 0 Å². The molecule has 6 nitrogen and oxygen atoms in total. The predicted octanol–water partition coefficient (Wildman–Crippen LogP) is 4.11. The average molecular weight is 372 g/mol. The van der Waals surface area contributed by atoms with E-state index in [1.807, 2.05) is 55.5 Å². The number of para-hydroxylation sites is 1. The van der Waals surface area contributed by atoms with Crippen LogP contribution in [0, 0.1) is 0 Å². The lowest BCUT2D eigenvalue weighted by Gasteiger charge is -2.12. The van der Waals surface area contributed by atoms with E-state index in [-0.39, 0.29) is 11.3 Å². The minimum Gasteiger partial charge on any atom is -0.507 e. The summed E-state index contributed by atoms with van der Waals surface area (Å²) in [6, 6.07) is 18.6. The van der Waals surface area contributed by atoms with Crippen LogP contribution in [0.5, 0.6) is 5.75 Å². The second-order valence-electron chi connectivity index (χ2n) is 6.49. The smallest absolute Gasteiger partial charge is 0.262 e. The molecule has 140 valence electrons. The molecule has 28 heavy (non-hydrogen) atoms. The number of fused-ring (bicyclic) bond motifs is 2. The van der Waals surface area contributed by atoms with E-state index in [9.17, 15) is 9.90 Å². The van der Waals surface area contributed by atoms with Crippen LogP contribution in [0.3, 0.4) is 0 Å². The van der Waals surface area contributed by atoms with Crippen LogP contribution in [-0.2, 0) is 6.54 Å². The van der Waals surface area contributed by atoms with E-state index in [0.29, 0.717) is 34.7 Å². The molecule has 0 aliphatic heterocycles. The summed E-state index contributed by atoms with van der Waals surface area (Å²) in [6.07, 6.45) is 0. The molecule has 1 aromatic heterocycles. The van der Waals surface area contributed by atoms with E-state index in [2.05, 4.69) is 15.5 Å². The third kappa shape index (κ3) is 2.99. The largest absolute Gasteiger partial charge is 0.507 e. The Bertz CT molecular complexity index is 1270. The van der Waals surface area contributed by atoms with Crippen LogP contribution in [0.2, 0.25) is 0 Å². The third-order valence-corrected chi connectivity index (χ3v) is 4.79. The third-order valence-electron chi connectivity index (χ3n) is 4.79. The summed E-state index contributed by atoms with van der Waals surface area (Å²) in [7, 11) is 0. The minimum atomic E-state index is -0.114. The van der Waals surface area contributed by atoms with Crippen molar-refractivity contribution in [1.29, 1.82) is 0 Å². The van der Waals surface area contributed by atoms with Crippen LogP contribution in [0.4, 0.5) is 5.95 Å². The Balaban J connectivity index is 1.75. The molecule has 4 rings (SSSR count). The van der Waals surface area contributed by atoms with Crippen molar-refractivity contribution in [3.8, 4) is 5.75 Å². The number of anilines is 1. The molecule has 0 aliphatic carbocycles. The number of aromatic nitrogens is 2. The van der Waals surface area contributed by atoms with E-state index in [1.54, 1.807) is 23.6 Å². The molecule has 0 saturated carbocycles. The van der Waals surface area contributed by atoms with Gasteiger partial charge in [0.1, 0.15) is 5.75 Å². The van der Waals surface area contributed by atoms with Gasteiger partial charge in [-0.1, -0.05) is 42.5 Å². The van der Waals surface area contributed by atoms with Crippen LogP contribution in [0.1, 0.15) is 19.4 Å². The van der Waals surface area contributed by atoms with Crippen molar-refractivity contribution in [1.82, 2.24) is 9.55 Å². The second kappa shape index (κ2) is 7.15. The highest BCUT2D eigenvalue weighted by molar-refractivity contribution is 6.06. The maximum absolute atomic E-state index is 12.7. The van der Waals surface area contributed by atoms with Crippen molar-refractivity contribution >= 4 is 33.3 Å². The zero-order valence-corrected chi connectivity index (χ0v) is 15.7. The number of phenols is 1. The topological polar surface area (TPSA) is 79.5 Å². The summed E-state index contributed by atoms with van der Waals surface area (Å²) in [5.41, 5.74) is 4.61.